The first-order valence-electron chi connectivity index (χ1n) is 13.0. The Kier molecular flexibility index (Phi) is 9.46. The van der Waals surface area contributed by atoms with Crippen molar-refractivity contribution in [3.63, 3.8) is 0 Å². The van der Waals surface area contributed by atoms with E-state index in [1.807, 2.05) is 6.07 Å². The molecular weight excluding hydrogens is 553 g/mol. The SMILES string of the molecule is O=C(NCc1nc2c(s1)CCCCC2)/C(=C/c1ccc(SC(=S)N2CCOCC2)o1)NC(=O)c1ccccc1. The molecule has 2 N–H and O–H groups in total. The number of amides is 2. The molecule has 8 nitrogen and oxygen atoms in total. The molecule has 1 aliphatic heterocycles. The van der Waals surface area contributed by atoms with Gasteiger partial charge in [0.2, 0.25) is 0 Å². The number of carbonyl (C=O) groups excluding carboxylic acids is 2. The van der Waals surface area contributed by atoms with Crippen LogP contribution in [-0.2, 0) is 28.9 Å². The molecule has 11 heteroatoms. The van der Waals surface area contributed by atoms with E-state index in [4.69, 9.17) is 26.4 Å². The highest BCUT2D eigenvalue weighted by Crippen LogP contribution is 2.27. The lowest BCUT2D eigenvalue weighted by Gasteiger charge is -2.28. The number of ether oxygens (including phenoxy) is 1. The fourth-order valence-electron chi connectivity index (χ4n) is 4.36. The molecule has 0 spiro atoms. The summed E-state index contributed by atoms with van der Waals surface area (Å²) in [6.45, 7) is 3.09. The van der Waals surface area contributed by atoms with Crippen LogP contribution in [0.5, 0.6) is 0 Å². The number of fused-ring (bicyclic) bond motifs is 1. The highest BCUT2D eigenvalue weighted by molar-refractivity contribution is 8.22. The van der Waals surface area contributed by atoms with Crippen molar-refractivity contribution >= 4 is 57.5 Å². The third kappa shape index (κ3) is 7.57. The number of benzene rings is 1. The average molecular weight is 583 g/mol. The quantitative estimate of drug-likeness (QED) is 0.178. The summed E-state index contributed by atoms with van der Waals surface area (Å²) in [5.41, 5.74) is 1.69. The van der Waals surface area contributed by atoms with Crippen molar-refractivity contribution in [1.29, 1.82) is 0 Å². The zero-order valence-electron chi connectivity index (χ0n) is 21.4. The maximum absolute atomic E-state index is 13.3. The standard InChI is InChI=1S/C28H30N4O4S3/c33-26(19-7-3-1-4-8-19)31-22(27(34)29-18-24-30-21-9-5-2-6-10-23(21)38-24)17-20-11-12-25(36-20)39-28(37)32-13-15-35-16-14-32/h1,3-4,7-8,11-12,17H,2,5-6,9-10,13-16,18H2,(H,29,34)(H,31,33)/b22-17-. The van der Waals surface area contributed by atoms with Crippen molar-refractivity contribution in [1.82, 2.24) is 20.5 Å². The van der Waals surface area contributed by atoms with Gasteiger partial charge in [-0.15, -0.1) is 11.3 Å². The molecule has 204 valence electrons. The zero-order valence-corrected chi connectivity index (χ0v) is 23.9. The van der Waals surface area contributed by atoms with Gasteiger partial charge < -0.3 is 24.7 Å². The average Bonchev–Trinajstić information content (AvgIpc) is 3.51. The number of hydrogen-bond acceptors (Lipinski definition) is 8. The number of furan rings is 1. The molecule has 1 saturated heterocycles. The lowest BCUT2D eigenvalue weighted by atomic mass is 10.2. The first-order chi connectivity index (χ1) is 19.0. The number of aryl methyl sites for hydroxylation is 2. The summed E-state index contributed by atoms with van der Waals surface area (Å²) in [6, 6.07) is 12.3. The number of carbonyl (C=O) groups is 2. The minimum atomic E-state index is -0.417. The smallest absolute Gasteiger partial charge is 0.268 e. The van der Waals surface area contributed by atoms with Crippen LogP contribution in [0.25, 0.3) is 6.08 Å². The second kappa shape index (κ2) is 13.4. The number of morpholine rings is 1. The van der Waals surface area contributed by atoms with Gasteiger partial charge in [-0.05, 0) is 61.7 Å². The predicted octanol–water partition coefficient (Wildman–Crippen LogP) is 4.80. The number of nitrogens with zero attached hydrogens (tertiary/aromatic N) is 2. The Morgan fingerprint density at radius 2 is 1.87 bits per heavy atom. The molecule has 2 aliphatic rings. The van der Waals surface area contributed by atoms with Crippen molar-refractivity contribution < 1.29 is 18.7 Å². The molecule has 1 aliphatic carbocycles. The Labute approximate surface area is 241 Å². The van der Waals surface area contributed by atoms with Crippen LogP contribution in [-0.4, -0.2) is 52.3 Å². The molecule has 1 fully saturated rings. The fraction of sp³-hybridized carbons (Fsp3) is 0.357. The number of thiazole rings is 1. The summed E-state index contributed by atoms with van der Waals surface area (Å²) in [5.74, 6) is -0.367. The lowest BCUT2D eigenvalue weighted by molar-refractivity contribution is -0.117. The van der Waals surface area contributed by atoms with Crippen LogP contribution < -0.4 is 10.6 Å². The van der Waals surface area contributed by atoms with Crippen LogP contribution in [0.2, 0.25) is 0 Å². The summed E-state index contributed by atoms with van der Waals surface area (Å²) in [7, 11) is 0. The van der Waals surface area contributed by atoms with E-state index in [0.29, 0.717) is 40.5 Å². The third-order valence-corrected chi connectivity index (χ3v) is 8.93. The minimum Gasteiger partial charge on any atom is -0.450 e. The molecule has 3 aromatic rings. The molecule has 2 amide bonds. The van der Waals surface area contributed by atoms with Crippen LogP contribution in [0.1, 0.15) is 51.0 Å². The molecule has 5 rings (SSSR count). The van der Waals surface area contributed by atoms with Crippen molar-refractivity contribution in [3.8, 4) is 0 Å². The van der Waals surface area contributed by atoms with Gasteiger partial charge in [-0.25, -0.2) is 4.98 Å². The van der Waals surface area contributed by atoms with Crippen molar-refractivity contribution in [2.24, 2.45) is 0 Å². The van der Waals surface area contributed by atoms with Gasteiger partial charge in [-0.2, -0.15) is 0 Å². The maximum atomic E-state index is 13.3. The van der Waals surface area contributed by atoms with E-state index >= 15 is 0 Å². The van der Waals surface area contributed by atoms with Gasteiger partial charge in [0.1, 0.15) is 20.8 Å². The Morgan fingerprint density at radius 1 is 1.08 bits per heavy atom. The van der Waals surface area contributed by atoms with Crippen LogP contribution in [0.3, 0.4) is 0 Å². The summed E-state index contributed by atoms with van der Waals surface area (Å²) in [5, 5.41) is 7.16. The molecule has 0 radical (unpaired) electrons. The van der Waals surface area contributed by atoms with Gasteiger partial charge in [-0.3, -0.25) is 9.59 Å². The molecule has 0 bridgehead atoms. The van der Waals surface area contributed by atoms with E-state index in [1.165, 1.54) is 35.6 Å². The molecule has 0 atom stereocenters. The van der Waals surface area contributed by atoms with Gasteiger partial charge in [0.05, 0.1) is 25.5 Å². The zero-order chi connectivity index (χ0) is 27.0. The monoisotopic (exact) mass is 582 g/mol. The summed E-state index contributed by atoms with van der Waals surface area (Å²) >= 11 is 8.57. The molecule has 2 aromatic heterocycles. The van der Waals surface area contributed by atoms with E-state index in [2.05, 4.69) is 15.5 Å². The van der Waals surface area contributed by atoms with E-state index in [-0.39, 0.29) is 11.6 Å². The number of thioether (sulfide) groups is 1. The lowest BCUT2D eigenvalue weighted by Crippen LogP contribution is -2.38. The minimum absolute atomic E-state index is 0.0867. The van der Waals surface area contributed by atoms with Crippen molar-refractivity contribution in [2.75, 3.05) is 26.3 Å². The highest BCUT2D eigenvalue weighted by Gasteiger charge is 2.19. The van der Waals surface area contributed by atoms with E-state index in [9.17, 15) is 9.59 Å². The molecule has 1 aromatic carbocycles. The van der Waals surface area contributed by atoms with Gasteiger partial charge in [0.15, 0.2) is 5.09 Å². The largest absolute Gasteiger partial charge is 0.450 e. The maximum Gasteiger partial charge on any atom is 0.268 e. The molecule has 39 heavy (non-hydrogen) atoms. The molecule has 3 heterocycles. The number of aromatic nitrogens is 1. The Hall–Kier alpha value is -2.99. The molecule has 0 saturated carbocycles. The van der Waals surface area contributed by atoms with Crippen LogP contribution in [0, 0.1) is 0 Å². The Balaban J connectivity index is 1.29. The second-order valence-electron chi connectivity index (χ2n) is 9.22. The molecule has 0 unspecified atom stereocenters. The normalized spacial score (nSPS) is 15.8. The van der Waals surface area contributed by atoms with Crippen LogP contribution in [0.4, 0.5) is 0 Å². The summed E-state index contributed by atoms with van der Waals surface area (Å²) in [6.07, 6.45) is 7.14. The first-order valence-corrected chi connectivity index (χ1v) is 15.1. The number of rotatable bonds is 7. The van der Waals surface area contributed by atoms with E-state index in [1.54, 1.807) is 47.7 Å². The summed E-state index contributed by atoms with van der Waals surface area (Å²) in [4.78, 5) is 34.3. The highest BCUT2D eigenvalue weighted by atomic mass is 32.2. The van der Waals surface area contributed by atoms with Gasteiger partial charge in [0, 0.05) is 29.6 Å². The van der Waals surface area contributed by atoms with Crippen molar-refractivity contribution in [2.45, 2.75) is 43.7 Å². The fourth-order valence-corrected chi connectivity index (χ4v) is 6.64. The predicted molar refractivity (Wildman–Crippen MR) is 157 cm³/mol. The number of hydrogen-bond donors (Lipinski definition) is 2. The first kappa shape index (κ1) is 27.6. The van der Waals surface area contributed by atoms with Crippen LogP contribution in [0.15, 0.2) is 57.7 Å². The number of nitrogens with one attached hydrogen (secondary N) is 2. The topological polar surface area (TPSA) is 96.7 Å². The second-order valence-corrected chi connectivity index (χ2v) is 12.0. The Morgan fingerprint density at radius 3 is 2.69 bits per heavy atom. The van der Waals surface area contributed by atoms with Gasteiger partial charge >= 0.3 is 0 Å². The molecular formula is C28H30N4O4S3. The summed E-state index contributed by atoms with van der Waals surface area (Å²) < 4.78 is 12.0. The number of thiocarbonyl (C=S) groups is 1. The Bertz CT molecular complexity index is 1320. The van der Waals surface area contributed by atoms with E-state index in [0.717, 1.165) is 43.1 Å². The van der Waals surface area contributed by atoms with E-state index < -0.39 is 5.91 Å². The van der Waals surface area contributed by atoms with Gasteiger partial charge in [0.25, 0.3) is 11.8 Å². The van der Waals surface area contributed by atoms with Crippen molar-refractivity contribution in [3.05, 3.63) is 75.1 Å². The van der Waals surface area contributed by atoms with Gasteiger partial charge in [-0.1, -0.05) is 36.8 Å². The van der Waals surface area contributed by atoms with Crippen LogP contribution >= 0.6 is 35.3 Å². The third-order valence-electron chi connectivity index (χ3n) is 6.41.